The zero-order valence-electron chi connectivity index (χ0n) is 18.1. The molecule has 1 aliphatic heterocycles. The van der Waals surface area contributed by atoms with Gasteiger partial charge in [-0.1, -0.05) is 0 Å². The lowest BCUT2D eigenvalue weighted by Gasteiger charge is -2.37. The van der Waals surface area contributed by atoms with Crippen molar-refractivity contribution in [2.45, 2.75) is 45.2 Å². The molecule has 2 atom stereocenters. The summed E-state index contributed by atoms with van der Waals surface area (Å²) in [5, 5.41) is 2.27. The normalized spacial score (nSPS) is 19.4. The second kappa shape index (κ2) is 9.23. The second-order valence-electron chi connectivity index (χ2n) is 8.05. The third-order valence-electron chi connectivity index (χ3n) is 5.00. The molecular weight excluding hydrogens is 421 g/mol. The third kappa shape index (κ3) is 5.74. The Bertz CT molecular complexity index is 1030. The van der Waals surface area contributed by atoms with Crippen LogP contribution in [0.4, 0.5) is 21.5 Å². The number of morpholine rings is 1. The third-order valence-corrected chi connectivity index (χ3v) is 6.76. The van der Waals surface area contributed by atoms with Crippen LogP contribution in [0.3, 0.4) is 0 Å². The van der Waals surface area contributed by atoms with Crippen molar-refractivity contribution >= 4 is 33.0 Å². The van der Waals surface area contributed by atoms with Crippen molar-refractivity contribution in [2.24, 2.45) is 0 Å². The van der Waals surface area contributed by atoms with E-state index in [-0.39, 0.29) is 23.9 Å². The first kappa shape index (κ1) is 23.0. The maximum Gasteiger partial charge on any atom is 0.255 e. The molecule has 31 heavy (non-hydrogen) atoms. The van der Waals surface area contributed by atoms with E-state index in [2.05, 4.69) is 10.0 Å². The fraction of sp³-hybridized carbons (Fsp3) is 0.409. The number of ether oxygens (including phenoxy) is 1. The molecule has 1 amide bonds. The van der Waals surface area contributed by atoms with Gasteiger partial charge in [-0.3, -0.25) is 9.52 Å². The predicted octanol–water partition coefficient (Wildman–Crippen LogP) is 3.84. The number of nitrogens with zero attached hydrogens (tertiary/aromatic N) is 1. The summed E-state index contributed by atoms with van der Waals surface area (Å²) in [4.78, 5) is 14.8. The van der Waals surface area contributed by atoms with Crippen LogP contribution in [0, 0.1) is 5.82 Å². The molecule has 0 bridgehead atoms. The maximum atomic E-state index is 14.0. The molecule has 2 aromatic carbocycles. The highest BCUT2D eigenvalue weighted by Crippen LogP contribution is 2.30. The van der Waals surface area contributed by atoms with Gasteiger partial charge in [-0.25, -0.2) is 12.8 Å². The standard InChI is InChI=1S/C22H28FN3O4S/c1-14(2)31(28,29)25-19-8-5-17(6-9-19)22(27)24-20-10-7-18(23)11-21(20)26-12-15(3)30-16(4)13-26/h5-11,14-16,25H,12-13H2,1-4H3,(H,24,27)/t15-,16?/m0/s1. The Morgan fingerprint density at radius 1 is 1.10 bits per heavy atom. The maximum absolute atomic E-state index is 14.0. The Labute approximate surface area is 182 Å². The van der Waals surface area contributed by atoms with Crippen LogP contribution in [-0.4, -0.2) is 44.9 Å². The van der Waals surface area contributed by atoms with Crippen molar-refractivity contribution in [2.75, 3.05) is 28.0 Å². The topological polar surface area (TPSA) is 87.7 Å². The number of nitrogens with one attached hydrogen (secondary N) is 2. The van der Waals surface area contributed by atoms with E-state index in [1.165, 1.54) is 36.4 Å². The summed E-state index contributed by atoms with van der Waals surface area (Å²) in [6.07, 6.45) is -0.0320. The molecule has 0 saturated carbocycles. The molecule has 1 saturated heterocycles. The highest BCUT2D eigenvalue weighted by molar-refractivity contribution is 7.93. The molecule has 1 aliphatic rings. The lowest BCUT2D eigenvalue weighted by Crippen LogP contribution is -2.45. The zero-order chi connectivity index (χ0) is 22.8. The SMILES string of the molecule is CC1CN(c2cc(F)ccc2NC(=O)c2ccc(NS(=O)(=O)C(C)C)cc2)C[C@H](C)O1. The van der Waals surface area contributed by atoms with Crippen LogP contribution < -0.4 is 14.9 Å². The van der Waals surface area contributed by atoms with Gasteiger partial charge in [0.25, 0.3) is 5.91 Å². The molecule has 9 heteroatoms. The van der Waals surface area contributed by atoms with E-state index >= 15 is 0 Å². The van der Waals surface area contributed by atoms with Crippen LogP contribution in [0.2, 0.25) is 0 Å². The number of carbonyl (C=O) groups is 1. The van der Waals surface area contributed by atoms with Gasteiger partial charge in [-0.15, -0.1) is 0 Å². The minimum atomic E-state index is -3.47. The van der Waals surface area contributed by atoms with Crippen molar-refractivity contribution in [3.8, 4) is 0 Å². The number of anilines is 3. The first-order chi connectivity index (χ1) is 14.5. The van der Waals surface area contributed by atoms with Gasteiger partial charge in [-0.2, -0.15) is 0 Å². The Balaban J connectivity index is 1.78. The summed E-state index contributed by atoms with van der Waals surface area (Å²) in [6, 6.07) is 10.4. The van der Waals surface area contributed by atoms with Crippen molar-refractivity contribution in [3.05, 3.63) is 53.8 Å². The summed E-state index contributed by atoms with van der Waals surface area (Å²) in [5.74, 6) is -0.762. The first-order valence-corrected chi connectivity index (χ1v) is 11.7. The van der Waals surface area contributed by atoms with Crippen LogP contribution >= 0.6 is 0 Å². The summed E-state index contributed by atoms with van der Waals surface area (Å²) < 4.78 is 46.2. The van der Waals surface area contributed by atoms with Crippen LogP contribution in [0.5, 0.6) is 0 Å². The number of hydrogen-bond donors (Lipinski definition) is 2. The summed E-state index contributed by atoms with van der Waals surface area (Å²) >= 11 is 0. The zero-order valence-corrected chi connectivity index (χ0v) is 18.9. The number of rotatable bonds is 6. The summed E-state index contributed by atoms with van der Waals surface area (Å²) in [7, 11) is -3.47. The van der Waals surface area contributed by atoms with Crippen LogP contribution in [0.1, 0.15) is 38.1 Å². The van der Waals surface area contributed by atoms with Crippen molar-refractivity contribution < 1.29 is 22.3 Å². The van der Waals surface area contributed by atoms with Crippen molar-refractivity contribution in [3.63, 3.8) is 0 Å². The fourth-order valence-electron chi connectivity index (χ4n) is 3.41. The van der Waals surface area contributed by atoms with E-state index in [4.69, 9.17) is 4.74 Å². The van der Waals surface area contributed by atoms with Gasteiger partial charge in [-0.05, 0) is 70.2 Å². The Morgan fingerprint density at radius 3 is 2.29 bits per heavy atom. The molecule has 0 spiro atoms. The first-order valence-electron chi connectivity index (χ1n) is 10.2. The van der Waals surface area contributed by atoms with E-state index in [1.807, 2.05) is 18.7 Å². The van der Waals surface area contributed by atoms with Crippen molar-refractivity contribution in [1.82, 2.24) is 0 Å². The predicted molar refractivity (Wildman–Crippen MR) is 121 cm³/mol. The molecule has 1 unspecified atom stereocenters. The molecule has 2 N–H and O–H groups in total. The Morgan fingerprint density at radius 2 is 1.71 bits per heavy atom. The molecule has 0 radical (unpaired) electrons. The monoisotopic (exact) mass is 449 g/mol. The highest BCUT2D eigenvalue weighted by Gasteiger charge is 2.25. The Kier molecular flexibility index (Phi) is 6.86. The van der Waals surface area contributed by atoms with E-state index in [0.717, 1.165) is 0 Å². The van der Waals surface area contributed by atoms with Gasteiger partial charge in [0, 0.05) is 24.3 Å². The summed E-state index contributed by atoms with van der Waals surface area (Å²) in [6.45, 7) is 8.24. The van der Waals surface area contributed by atoms with Gasteiger partial charge in [0.1, 0.15) is 5.82 Å². The molecule has 168 valence electrons. The number of amides is 1. The molecule has 1 heterocycles. The lowest BCUT2D eigenvalue weighted by molar-refractivity contribution is -0.00519. The van der Waals surface area contributed by atoms with Crippen LogP contribution in [0.25, 0.3) is 0 Å². The second-order valence-corrected chi connectivity index (χ2v) is 10.3. The molecule has 0 aliphatic carbocycles. The average Bonchev–Trinajstić information content (AvgIpc) is 2.68. The highest BCUT2D eigenvalue weighted by atomic mass is 32.2. The molecule has 3 rings (SSSR count). The summed E-state index contributed by atoms with van der Waals surface area (Å²) in [5.41, 5.74) is 1.82. The smallest absolute Gasteiger partial charge is 0.255 e. The number of halogens is 1. The number of carbonyl (C=O) groups excluding carboxylic acids is 1. The largest absolute Gasteiger partial charge is 0.372 e. The minimum Gasteiger partial charge on any atom is -0.372 e. The molecule has 1 fully saturated rings. The number of sulfonamides is 1. The van der Waals surface area contributed by atoms with Gasteiger partial charge >= 0.3 is 0 Å². The lowest BCUT2D eigenvalue weighted by atomic mass is 10.1. The van der Waals surface area contributed by atoms with E-state index in [9.17, 15) is 17.6 Å². The number of benzene rings is 2. The quantitative estimate of drug-likeness (QED) is 0.700. The van der Waals surface area contributed by atoms with Gasteiger partial charge < -0.3 is 15.0 Å². The Hall–Kier alpha value is -2.65. The van der Waals surface area contributed by atoms with Gasteiger partial charge in [0.2, 0.25) is 10.0 Å². The minimum absolute atomic E-state index is 0.0160. The van der Waals surface area contributed by atoms with E-state index in [1.54, 1.807) is 19.9 Å². The van der Waals surface area contributed by atoms with Gasteiger partial charge in [0.15, 0.2) is 0 Å². The van der Waals surface area contributed by atoms with Crippen LogP contribution in [-0.2, 0) is 14.8 Å². The van der Waals surface area contributed by atoms with Gasteiger partial charge in [0.05, 0.1) is 28.8 Å². The van der Waals surface area contributed by atoms with Crippen LogP contribution in [0.15, 0.2) is 42.5 Å². The number of hydrogen-bond acceptors (Lipinski definition) is 5. The van der Waals surface area contributed by atoms with Crippen molar-refractivity contribution in [1.29, 1.82) is 0 Å². The van der Waals surface area contributed by atoms with E-state index in [0.29, 0.717) is 35.7 Å². The van der Waals surface area contributed by atoms with E-state index < -0.39 is 15.3 Å². The average molecular weight is 450 g/mol. The molecule has 7 nitrogen and oxygen atoms in total. The molecule has 0 aromatic heterocycles. The molecular formula is C22H28FN3O4S. The fourth-order valence-corrected chi connectivity index (χ4v) is 4.11. The molecule has 2 aromatic rings.